The second kappa shape index (κ2) is 7.06. The van der Waals surface area contributed by atoms with Gasteiger partial charge < -0.3 is 10.2 Å². The molecule has 1 aromatic rings. The molecule has 1 aliphatic heterocycles. The predicted molar refractivity (Wildman–Crippen MR) is 81.1 cm³/mol. The number of nitrogens with zero attached hydrogens (tertiary/aromatic N) is 1. The second-order valence-electron chi connectivity index (χ2n) is 5.24. The average molecular weight is 325 g/mol. The van der Waals surface area contributed by atoms with Crippen LogP contribution in [0, 0.1) is 5.92 Å². The summed E-state index contributed by atoms with van der Waals surface area (Å²) in [5.41, 5.74) is 1.28. The topological polar surface area (TPSA) is 32.3 Å². The first kappa shape index (κ1) is 14.5. The summed E-state index contributed by atoms with van der Waals surface area (Å²) in [6, 6.07) is 8.24. The summed E-state index contributed by atoms with van der Waals surface area (Å²) in [6.45, 7) is 5.69. The van der Waals surface area contributed by atoms with Crippen molar-refractivity contribution in [1.29, 1.82) is 0 Å². The van der Waals surface area contributed by atoms with Gasteiger partial charge in [-0.3, -0.25) is 4.79 Å². The van der Waals surface area contributed by atoms with Crippen LogP contribution in [0.2, 0.25) is 0 Å². The zero-order valence-corrected chi connectivity index (χ0v) is 12.9. The highest BCUT2D eigenvalue weighted by Gasteiger charge is 2.18. The van der Waals surface area contributed by atoms with Gasteiger partial charge in [-0.25, -0.2) is 0 Å². The van der Waals surface area contributed by atoms with Crippen LogP contribution in [0.4, 0.5) is 0 Å². The van der Waals surface area contributed by atoms with E-state index in [1.165, 1.54) is 5.56 Å². The van der Waals surface area contributed by atoms with E-state index in [2.05, 4.69) is 40.3 Å². The van der Waals surface area contributed by atoms with Crippen molar-refractivity contribution in [2.45, 2.75) is 19.8 Å². The van der Waals surface area contributed by atoms with Gasteiger partial charge in [-0.1, -0.05) is 41.1 Å². The van der Waals surface area contributed by atoms with Gasteiger partial charge in [0, 0.05) is 37.1 Å². The molecule has 0 aliphatic carbocycles. The first-order chi connectivity index (χ1) is 9.16. The largest absolute Gasteiger partial charge is 0.340 e. The maximum absolute atomic E-state index is 12.2. The van der Waals surface area contributed by atoms with Crippen LogP contribution >= 0.6 is 15.9 Å². The number of nitrogens with one attached hydrogen (secondary N) is 1. The minimum atomic E-state index is 0.293. The van der Waals surface area contributed by atoms with E-state index in [0.717, 1.165) is 37.1 Å². The van der Waals surface area contributed by atoms with Crippen LogP contribution < -0.4 is 5.32 Å². The lowest BCUT2D eigenvalue weighted by Crippen LogP contribution is -2.46. The molecule has 1 amide bonds. The molecule has 2 rings (SSSR count). The van der Waals surface area contributed by atoms with Crippen molar-refractivity contribution in [2.24, 2.45) is 5.92 Å². The molecule has 3 nitrogen and oxygen atoms in total. The Hall–Kier alpha value is -0.870. The monoisotopic (exact) mass is 324 g/mol. The molecule has 1 unspecified atom stereocenters. The van der Waals surface area contributed by atoms with Crippen LogP contribution in [-0.4, -0.2) is 37.0 Å². The van der Waals surface area contributed by atoms with E-state index < -0.39 is 0 Å². The Morgan fingerprint density at radius 2 is 2.05 bits per heavy atom. The first-order valence-electron chi connectivity index (χ1n) is 6.88. The Balaban J connectivity index is 1.85. The highest BCUT2D eigenvalue weighted by atomic mass is 79.9. The average Bonchev–Trinajstić information content (AvgIpc) is 2.42. The van der Waals surface area contributed by atoms with Crippen molar-refractivity contribution >= 4 is 21.8 Å². The number of hydrogen-bond donors (Lipinski definition) is 1. The number of carbonyl (C=O) groups is 1. The summed E-state index contributed by atoms with van der Waals surface area (Å²) < 4.78 is 1.14. The summed E-state index contributed by atoms with van der Waals surface area (Å²) in [5.74, 6) is 0.669. The third kappa shape index (κ3) is 4.32. The Morgan fingerprint density at radius 1 is 1.37 bits per heavy atom. The normalized spacial score (nSPS) is 17.3. The summed E-state index contributed by atoms with van der Waals surface area (Å²) in [6.07, 6.45) is 1.58. The highest BCUT2D eigenvalue weighted by Crippen LogP contribution is 2.21. The Bertz CT molecular complexity index is 430. The van der Waals surface area contributed by atoms with Crippen LogP contribution in [0.25, 0.3) is 0 Å². The number of benzene rings is 1. The van der Waals surface area contributed by atoms with Gasteiger partial charge in [0.2, 0.25) is 5.91 Å². The summed E-state index contributed by atoms with van der Waals surface area (Å²) >= 11 is 3.56. The first-order valence-corrected chi connectivity index (χ1v) is 7.68. The summed E-state index contributed by atoms with van der Waals surface area (Å²) in [5, 5.41) is 3.27. The summed E-state index contributed by atoms with van der Waals surface area (Å²) in [4.78, 5) is 14.1. The molecule has 0 aromatic heterocycles. The van der Waals surface area contributed by atoms with Crippen molar-refractivity contribution in [2.75, 3.05) is 26.2 Å². The lowest BCUT2D eigenvalue weighted by molar-refractivity contribution is -0.132. The Kier molecular flexibility index (Phi) is 5.40. The molecule has 0 saturated carbocycles. The van der Waals surface area contributed by atoms with Gasteiger partial charge in [-0.05, 0) is 24.0 Å². The number of rotatable bonds is 4. The van der Waals surface area contributed by atoms with Crippen molar-refractivity contribution < 1.29 is 4.79 Å². The van der Waals surface area contributed by atoms with Gasteiger partial charge in [0.05, 0.1) is 0 Å². The van der Waals surface area contributed by atoms with Crippen LogP contribution in [0.5, 0.6) is 0 Å². The standard InChI is InChI=1S/C15H21BrN2O/c1-12(10-13-4-2-3-5-14(13)16)11-15(19)18-8-6-17-7-9-18/h2-5,12,17H,6-11H2,1H3. The maximum Gasteiger partial charge on any atom is 0.222 e. The minimum Gasteiger partial charge on any atom is -0.340 e. The molecule has 1 aliphatic rings. The number of halogens is 1. The van der Waals surface area contributed by atoms with Crippen LogP contribution in [-0.2, 0) is 11.2 Å². The van der Waals surface area contributed by atoms with Gasteiger partial charge in [-0.2, -0.15) is 0 Å². The quantitative estimate of drug-likeness (QED) is 0.922. The van der Waals surface area contributed by atoms with Crippen LogP contribution in [0.1, 0.15) is 18.9 Å². The molecule has 1 fully saturated rings. The van der Waals surface area contributed by atoms with Gasteiger partial charge in [-0.15, -0.1) is 0 Å². The van der Waals surface area contributed by atoms with Gasteiger partial charge in [0.1, 0.15) is 0 Å². The lowest BCUT2D eigenvalue weighted by Gasteiger charge is -2.28. The van der Waals surface area contributed by atoms with E-state index >= 15 is 0 Å². The Morgan fingerprint density at radius 3 is 2.74 bits per heavy atom. The van der Waals surface area contributed by atoms with Crippen LogP contribution in [0.3, 0.4) is 0 Å². The maximum atomic E-state index is 12.2. The van der Waals surface area contributed by atoms with Crippen molar-refractivity contribution in [3.63, 3.8) is 0 Å². The molecule has 1 atom stereocenters. The molecule has 104 valence electrons. The molecule has 1 saturated heterocycles. The second-order valence-corrected chi connectivity index (χ2v) is 6.09. The lowest BCUT2D eigenvalue weighted by atomic mass is 9.97. The molecule has 1 heterocycles. The fraction of sp³-hybridized carbons (Fsp3) is 0.533. The SMILES string of the molecule is CC(CC(=O)N1CCNCC1)Cc1ccccc1Br. The van der Waals surface area contributed by atoms with Gasteiger partial charge in [0.15, 0.2) is 0 Å². The van der Waals surface area contributed by atoms with Gasteiger partial charge in [0.25, 0.3) is 0 Å². The molecule has 0 radical (unpaired) electrons. The molecular formula is C15H21BrN2O. The molecule has 1 N–H and O–H groups in total. The third-order valence-corrected chi connectivity index (χ3v) is 4.29. The fourth-order valence-corrected chi connectivity index (χ4v) is 2.90. The molecule has 1 aromatic carbocycles. The number of piperazine rings is 1. The molecule has 0 bridgehead atoms. The van der Waals surface area contributed by atoms with Crippen molar-refractivity contribution in [1.82, 2.24) is 10.2 Å². The summed E-state index contributed by atoms with van der Waals surface area (Å²) in [7, 11) is 0. The number of hydrogen-bond acceptors (Lipinski definition) is 2. The van der Waals surface area contributed by atoms with E-state index in [1.807, 2.05) is 17.0 Å². The van der Waals surface area contributed by atoms with E-state index in [4.69, 9.17) is 0 Å². The van der Waals surface area contributed by atoms with E-state index in [9.17, 15) is 4.79 Å². The molecule has 4 heteroatoms. The number of carbonyl (C=O) groups excluding carboxylic acids is 1. The van der Waals surface area contributed by atoms with Gasteiger partial charge >= 0.3 is 0 Å². The van der Waals surface area contributed by atoms with Crippen LogP contribution in [0.15, 0.2) is 28.7 Å². The zero-order valence-electron chi connectivity index (χ0n) is 11.4. The fourth-order valence-electron chi connectivity index (χ4n) is 2.45. The van der Waals surface area contributed by atoms with Crippen molar-refractivity contribution in [3.8, 4) is 0 Å². The third-order valence-electron chi connectivity index (χ3n) is 3.52. The van der Waals surface area contributed by atoms with E-state index in [-0.39, 0.29) is 0 Å². The molecule has 19 heavy (non-hydrogen) atoms. The number of amides is 1. The minimum absolute atomic E-state index is 0.293. The molecule has 0 spiro atoms. The zero-order chi connectivity index (χ0) is 13.7. The molecular weight excluding hydrogens is 304 g/mol. The Labute approximate surface area is 123 Å². The highest BCUT2D eigenvalue weighted by molar-refractivity contribution is 9.10. The predicted octanol–water partition coefficient (Wildman–Crippen LogP) is 2.45. The smallest absolute Gasteiger partial charge is 0.222 e. The van der Waals surface area contributed by atoms with Crippen molar-refractivity contribution in [3.05, 3.63) is 34.3 Å². The van der Waals surface area contributed by atoms with E-state index in [0.29, 0.717) is 18.2 Å². The van der Waals surface area contributed by atoms with E-state index in [1.54, 1.807) is 0 Å².